The number of nitrogens with one attached hydrogen (secondary N) is 1. The molecule has 0 saturated heterocycles. The van der Waals surface area contributed by atoms with Gasteiger partial charge in [-0.05, 0) is 67.9 Å². The van der Waals surface area contributed by atoms with Gasteiger partial charge in [-0.3, -0.25) is 9.10 Å². The van der Waals surface area contributed by atoms with Gasteiger partial charge in [-0.1, -0.05) is 6.07 Å². The van der Waals surface area contributed by atoms with Crippen molar-refractivity contribution in [3.8, 4) is 11.5 Å². The van der Waals surface area contributed by atoms with Crippen LogP contribution in [0.15, 0.2) is 65.6 Å². The molecule has 0 spiro atoms. The van der Waals surface area contributed by atoms with Crippen molar-refractivity contribution in [2.24, 2.45) is 0 Å². The molecule has 1 aliphatic heterocycles. The van der Waals surface area contributed by atoms with E-state index in [2.05, 4.69) is 5.32 Å². The minimum atomic E-state index is -4.29. The zero-order chi connectivity index (χ0) is 26.6. The highest BCUT2D eigenvalue weighted by atomic mass is 32.2. The van der Waals surface area contributed by atoms with Gasteiger partial charge >= 0.3 is 5.97 Å². The van der Waals surface area contributed by atoms with E-state index in [0.717, 1.165) is 16.4 Å². The molecule has 37 heavy (non-hydrogen) atoms. The Morgan fingerprint density at radius 2 is 1.70 bits per heavy atom. The number of carbonyl (C=O) groups excluding carboxylic acids is 2. The summed E-state index contributed by atoms with van der Waals surface area (Å²) in [6.07, 6.45) is 0. The first-order valence-corrected chi connectivity index (χ1v) is 12.9. The van der Waals surface area contributed by atoms with E-state index >= 15 is 0 Å². The summed E-state index contributed by atoms with van der Waals surface area (Å²) in [6.45, 7) is 3.60. The smallest absolute Gasteiger partial charge is 0.338 e. The Kier molecular flexibility index (Phi) is 7.63. The second-order valence-electron chi connectivity index (χ2n) is 8.09. The van der Waals surface area contributed by atoms with Crippen molar-refractivity contribution in [2.75, 3.05) is 36.0 Å². The van der Waals surface area contributed by atoms with E-state index in [9.17, 15) is 22.4 Å². The summed E-state index contributed by atoms with van der Waals surface area (Å²) in [4.78, 5) is 25.1. The van der Waals surface area contributed by atoms with Crippen molar-refractivity contribution < 1.29 is 36.6 Å². The van der Waals surface area contributed by atoms with E-state index in [0.29, 0.717) is 23.6 Å². The Balaban J connectivity index is 1.65. The zero-order valence-electron chi connectivity index (χ0n) is 20.2. The van der Waals surface area contributed by atoms with Crippen molar-refractivity contribution in [3.63, 3.8) is 0 Å². The number of esters is 1. The SMILES string of the molecule is CCOC(=O)c1ccc(C)c(NC(=O)CN(c2ccc(F)cc2)S(=O)(=O)c2ccc3c(c2)OCCO3)c1. The van der Waals surface area contributed by atoms with Gasteiger partial charge in [0.2, 0.25) is 5.91 Å². The topological polar surface area (TPSA) is 111 Å². The maximum absolute atomic E-state index is 13.7. The molecule has 0 atom stereocenters. The van der Waals surface area contributed by atoms with Crippen LogP contribution in [0.3, 0.4) is 0 Å². The molecule has 1 N–H and O–H groups in total. The van der Waals surface area contributed by atoms with Gasteiger partial charge in [0.15, 0.2) is 11.5 Å². The Morgan fingerprint density at radius 1 is 1.00 bits per heavy atom. The molecule has 3 aromatic rings. The van der Waals surface area contributed by atoms with Crippen molar-refractivity contribution in [1.29, 1.82) is 0 Å². The number of hydrogen-bond donors (Lipinski definition) is 1. The average molecular weight is 529 g/mol. The molecule has 3 aromatic carbocycles. The number of anilines is 2. The van der Waals surface area contributed by atoms with Crippen LogP contribution >= 0.6 is 0 Å². The third-order valence-corrected chi connectivity index (χ3v) is 7.30. The molecule has 1 heterocycles. The van der Waals surface area contributed by atoms with Crippen LogP contribution in [-0.4, -0.2) is 46.7 Å². The Morgan fingerprint density at radius 3 is 2.41 bits per heavy atom. The van der Waals surface area contributed by atoms with Gasteiger partial charge in [-0.25, -0.2) is 17.6 Å². The highest BCUT2D eigenvalue weighted by molar-refractivity contribution is 7.92. The summed E-state index contributed by atoms with van der Waals surface area (Å²) in [7, 11) is -4.29. The number of carbonyl (C=O) groups is 2. The molecule has 0 bridgehead atoms. The predicted molar refractivity (Wildman–Crippen MR) is 134 cm³/mol. The predicted octanol–water partition coefficient (Wildman–Crippen LogP) is 3.92. The molecule has 194 valence electrons. The third-order valence-electron chi connectivity index (χ3n) is 5.53. The number of rotatable bonds is 8. The van der Waals surface area contributed by atoms with Gasteiger partial charge in [-0.15, -0.1) is 0 Å². The number of ether oxygens (including phenoxy) is 3. The van der Waals surface area contributed by atoms with Crippen LogP contribution in [-0.2, 0) is 19.6 Å². The van der Waals surface area contributed by atoms with E-state index in [-0.39, 0.29) is 35.1 Å². The molecule has 0 aliphatic carbocycles. The monoisotopic (exact) mass is 528 g/mol. The third kappa shape index (κ3) is 5.83. The van der Waals surface area contributed by atoms with Crippen LogP contribution in [0, 0.1) is 12.7 Å². The first-order chi connectivity index (χ1) is 17.7. The lowest BCUT2D eigenvalue weighted by Crippen LogP contribution is -2.38. The average Bonchev–Trinajstić information content (AvgIpc) is 2.89. The Hall–Kier alpha value is -4.12. The lowest BCUT2D eigenvalue weighted by Gasteiger charge is -2.25. The lowest BCUT2D eigenvalue weighted by molar-refractivity contribution is -0.114. The minimum absolute atomic E-state index is 0.0865. The maximum atomic E-state index is 13.7. The van der Waals surface area contributed by atoms with Crippen LogP contribution in [0.5, 0.6) is 11.5 Å². The fourth-order valence-corrected chi connectivity index (χ4v) is 5.09. The van der Waals surface area contributed by atoms with Crippen LogP contribution in [0.2, 0.25) is 0 Å². The van der Waals surface area contributed by atoms with E-state index in [1.165, 1.54) is 36.4 Å². The summed E-state index contributed by atoms with van der Waals surface area (Å²) < 4.78 is 57.8. The van der Waals surface area contributed by atoms with Gasteiger partial charge in [-0.2, -0.15) is 0 Å². The van der Waals surface area contributed by atoms with Gasteiger partial charge < -0.3 is 19.5 Å². The first-order valence-electron chi connectivity index (χ1n) is 11.4. The summed E-state index contributed by atoms with van der Waals surface area (Å²) in [6, 6.07) is 13.6. The molecule has 0 saturated carbocycles. The second-order valence-corrected chi connectivity index (χ2v) is 9.95. The van der Waals surface area contributed by atoms with Crippen LogP contribution in [0.25, 0.3) is 0 Å². The number of sulfonamides is 1. The first kappa shape index (κ1) is 26.0. The van der Waals surface area contributed by atoms with E-state index in [4.69, 9.17) is 14.2 Å². The summed E-state index contributed by atoms with van der Waals surface area (Å²) in [5.74, 6) is -1.10. The largest absolute Gasteiger partial charge is 0.486 e. The molecule has 4 rings (SSSR count). The Bertz CT molecular complexity index is 1430. The van der Waals surface area contributed by atoms with E-state index in [1.807, 2.05) is 0 Å². The van der Waals surface area contributed by atoms with Gasteiger partial charge in [0.1, 0.15) is 25.6 Å². The van der Waals surface area contributed by atoms with Gasteiger partial charge in [0, 0.05) is 11.8 Å². The lowest BCUT2D eigenvalue weighted by atomic mass is 10.1. The van der Waals surface area contributed by atoms with Crippen molar-refractivity contribution >= 4 is 33.3 Å². The summed E-state index contributed by atoms with van der Waals surface area (Å²) >= 11 is 0. The fraction of sp³-hybridized carbons (Fsp3) is 0.231. The number of benzene rings is 3. The van der Waals surface area contributed by atoms with Crippen molar-refractivity contribution in [2.45, 2.75) is 18.7 Å². The highest BCUT2D eigenvalue weighted by Crippen LogP contribution is 2.34. The Labute approximate surface area is 213 Å². The standard InChI is InChI=1S/C26H25FN2O7S/c1-3-34-26(31)18-5-4-17(2)22(14-18)28-25(30)16-29(20-8-6-19(27)7-9-20)37(32,33)21-10-11-23-24(15-21)36-13-12-35-23/h4-11,14-15H,3,12-13,16H2,1-2H3,(H,28,30). The highest BCUT2D eigenvalue weighted by Gasteiger charge is 2.29. The molecule has 0 aromatic heterocycles. The summed E-state index contributed by atoms with van der Waals surface area (Å²) in [5, 5.41) is 2.66. The van der Waals surface area contributed by atoms with E-state index < -0.39 is 34.3 Å². The van der Waals surface area contributed by atoms with Crippen molar-refractivity contribution in [1.82, 2.24) is 0 Å². The quantitative estimate of drug-likeness (QED) is 0.441. The fourth-order valence-electron chi connectivity index (χ4n) is 3.65. The number of nitrogens with zero attached hydrogens (tertiary/aromatic N) is 1. The second kappa shape index (κ2) is 10.9. The van der Waals surface area contributed by atoms with Crippen LogP contribution in [0.4, 0.5) is 15.8 Å². The molecular formula is C26H25FN2O7S. The summed E-state index contributed by atoms with van der Waals surface area (Å²) in [5.41, 5.74) is 1.31. The molecule has 1 aliphatic rings. The van der Waals surface area contributed by atoms with Crippen LogP contribution in [0.1, 0.15) is 22.8 Å². The minimum Gasteiger partial charge on any atom is -0.486 e. The van der Waals surface area contributed by atoms with Gasteiger partial charge in [0.05, 0.1) is 22.8 Å². The normalized spacial score (nSPS) is 12.5. The molecule has 1 amide bonds. The number of hydrogen-bond acceptors (Lipinski definition) is 7. The van der Waals surface area contributed by atoms with Crippen LogP contribution < -0.4 is 19.1 Å². The molecule has 0 radical (unpaired) electrons. The number of halogens is 1. The molecule has 11 heteroatoms. The maximum Gasteiger partial charge on any atom is 0.338 e. The molecule has 9 nitrogen and oxygen atoms in total. The molecule has 0 fully saturated rings. The number of aryl methyl sites for hydroxylation is 1. The van der Waals surface area contributed by atoms with E-state index in [1.54, 1.807) is 26.0 Å². The molecular weight excluding hydrogens is 503 g/mol. The number of amides is 1. The zero-order valence-corrected chi connectivity index (χ0v) is 21.0. The van der Waals surface area contributed by atoms with Gasteiger partial charge in [0.25, 0.3) is 10.0 Å². The number of fused-ring (bicyclic) bond motifs is 1. The van der Waals surface area contributed by atoms with Crippen molar-refractivity contribution in [3.05, 3.63) is 77.6 Å². The molecule has 0 unspecified atom stereocenters.